The molecule has 0 heterocycles. The Balaban J connectivity index is 1.38. The fraction of sp³-hybridized carbons (Fsp3) is 0.526. The first kappa shape index (κ1) is 32.7. The van der Waals surface area contributed by atoms with E-state index < -0.39 is 11.9 Å². The molecular formula is C38H50O5. The topological polar surface area (TPSA) is 61.8 Å². The molecule has 0 radical (unpaired) electrons. The van der Waals surface area contributed by atoms with E-state index in [4.69, 9.17) is 14.2 Å². The van der Waals surface area contributed by atoms with E-state index in [2.05, 4.69) is 26.1 Å². The molecule has 2 aromatic rings. The van der Waals surface area contributed by atoms with Gasteiger partial charge in [0.25, 0.3) is 0 Å². The number of esters is 2. The van der Waals surface area contributed by atoms with Gasteiger partial charge < -0.3 is 14.2 Å². The molecule has 0 aromatic heterocycles. The zero-order valence-electron chi connectivity index (χ0n) is 26.5. The molecule has 0 bridgehead atoms. The van der Waals surface area contributed by atoms with Gasteiger partial charge in [-0.2, -0.15) is 0 Å². The number of benzene rings is 2. The zero-order valence-corrected chi connectivity index (χ0v) is 26.5. The van der Waals surface area contributed by atoms with Crippen molar-refractivity contribution < 1.29 is 23.8 Å². The van der Waals surface area contributed by atoms with E-state index in [1.807, 2.05) is 24.3 Å². The molecule has 0 atom stereocenters. The molecule has 0 N–H and O–H groups in total. The van der Waals surface area contributed by atoms with Crippen LogP contribution < -0.4 is 9.47 Å². The lowest BCUT2D eigenvalue weighted by atomic mass is 9.68. The number of hydrogen-bond acceptors (Lipinski definition) is 5. The summed E-state index contributed by atoms with van der Waals surface area (Å²) in [6.07, 6.45) is 15.8. The Morgan fingerprint density at radius 1 is 0.767 bits per heavy atom. The minimum atomic E-state index is -0.506. The van der Waals surface area contributed by atoms with Crippen molar-refractivity contribution in [3.05, 3.63) is 72.3 Å². The second-order valence-electron chi connectivity index (χ2n) is 12.8. The van der Waals surface area contributed by atoms with E-state index in [-0.39, 0.29) is 12.2 Å². The maximum atomic E-state index is 12.4. The van der Waals surface area contributed by atoms with Crippen molar-refractivity contribution in [2.75, 3.05) is 13.7 Å². The molecular weight excluding hydrogens is 536 g/mol. The number of carbonyl (C=O) groups excluding carboxylic acids is 2. The number of hydrogen-bond donors (Lipinski definition) is 0. The maximum absolute atomic E-state index is 12.4. The summed E-state index contributed by atoms with van der Waals surface area (Å²) in [6.45, 7) is 11.6. The molecule has 2 aliphatic rings. The average Bonchev–Trinajstić information content (AvgIpc) is 3.02. The highest BCUT2D eigenvalue weighted by Crippen LogP contribution is 2.43. The summed E-state index contributed by atoms with van der Waals surface area (Å²) in [6, 6.07) is 13.4. The van der Waals surface area contributed by atoms with E-state index in [0.29, 0.717) is 23.0 Å². The van der Waals surface area contributed by atoms with E-state index in [1.54, 1.807) is 19.1 Å². The van der Waals surface area contributed by atoms with Crippen LogP contribution >= 0.6 is 0 Å². The highest BCUT2D eigenvalue weighted by molar-refractivity contribution is 5.90. The Labute approximate surface area is 258 Å². The van der Waals surface area contributed by atoms with Gasteiger partial charge in [-0.3, -0.25) is 0 Å². The van der Waals surface area contributed by atoms with Gasteiger partial charge in [0.1, 0.15) is 11.5 Å². The number of methoxy groups -OCH3 is 1. The van der Waals surface area contributed by atoms with Gasteiger partial charge in [-0.05, 0) is 110 Å². The normalized spacial score (nSPS) is 22.0. The Bertz CT molecular complexity index is 1240. The second-order valence-corrected chi connectivity index (χ2v) is 12.8. The Morgan fingerprint density at radius 2 is 1.35 bits per heavy atom. The molecule has 2 saturated carbocycles. The summed E-state index contributed by atoms with van der Waals surface area (Å²) in [4.78, 5) is 24.6. The van der Waals surface area contributed by atoms with Gasteiger partial charge in [0.05, 0.1) is 12.2 Å². The summed E-state index contributed by atoms with van der Waals surface area (Å²) in [5.74, 6) is 3.69. The van der Waals surface area contributed by atoms with Gasteiger partial charge >= 0.3 is 11.9 Å². The van der Waals surface area contributed by atoms with E-state index in [9.17, 15) is 9.59 Å². The van der Waals surface area contributed by atoms with Crippen LogP contribution in [-0.2, 0) is 20.7 Å². The summed E-state index contributed by atoms with van der Waals surface area (Å²) in [7, 11) is 1.51. The number of ether oxygens (including phenoxy) is 3. The molecule has 43 heavy (non-hydrogen) atoms. The number of rotatable bonds is 13. The molecule has 5 heteroatoms. The zero-order chi connectivity index (χ0) is 30.8. The molecule has 0 unspecified atom stereocenters. The molecule has 0 saturated heterocycles. The summed E-state index contributed by atoms with van der Waals surface area (Å²) in [5, 5.41) is 0. The van der Waals surface area contributed by atoms with Gasteiger partial charge in [-0.25, -0.2) is 9.59 Å². The molecule has 2 aliphatic carbocycles. The van der Waals surface area contributed by atoms with E-state index in [1.165, 1.54) is 71.3 Å². The Kier molecular flexibility index (Phi) is 12.2. The van der Waals surface area contributed by atoms with Crippen molar-refractivity contribution >= 4 is 11.9 Å². The molecule has 0 amide bonds. The maximum Gasteiger partial charge on any atom is 0.341 e. The lowest BCUT2D eigenvalue weighted by molar-refractivity contribution is -0.131. The predicted molar refractivity (Wildman–Crippen MR) is 173 cm³/mol. The molecule has 4 rings (SSSR count). The fourth-order valence-corrected chi connectivity index (χ4v) is 7.03. The van der Waals surface area contributed by atoms with Crippen molar-refractivity contribution in [3.8, 4) is 22.6 Å². The Hall–Kier alpha value is -3.18. The number of aryl methyl sites for hydroxylation is 1. The lowest BCUT2D eigenvalue weighted by Gasteiger charge is -2.38. The number of carbonyl (C=O) groups is 2. The minimum absolute atomic E-state index is 0.128. The average molecular weight is 587 g/mol. The highest BCUT2D eigenvalue weighted by Gasteiger charge is 2.30. The quantitative estimate of drug-likeness (QED) is 0.133. The van der Waals surface area contributed by atoms with Crippen LogP contribution in [0.3, 0.4) is 0 Å². The van der Waals surface area contributed by atoms with Gasteiger partial charge in [-0.1, -0.05) is 76.8 Å². The van der Waals surface area contributed by atoms with Crippen LogP contribution in [0.25, 0.3) is 11.1 Å². The van der Waals surface area contributed by atoms with Crippen molar-refractivity contribution in [1.82, 2.24) is 0 Å². The fourth-order valence-electron chi connectivity index (χ4n) is 7.03. The largest absolute Gasteiger partial charge is 0.423 e. The van der Waals surface area contributed by atoms with E-state index >= 15 is 0 Å². The minimum Gasteiger partial charge on any atom is -0.423 e. The summed E-state index contributed by atoms with van der Waals surface area (Å²) in [5.41, 5.74) is 3.70. The summed E-state index contributed by atoms with van der Waals surface area (Å²) < 4.78 is 16.1. The third-order valence-electron chi connectivity index (χ3n) is 9.59. The van der Waals surface area contributed by atoms with Crippen LogP contribution in [0.2, 0.25) is 0 Å². The van der Waals surface area contributed by atoms with Gasteiger partial charge in [0, 0.05) is 12.7 Å². The lowest BCUT2D eigenvalue weighted by Crippen LogP contribution is -2.26. The second kappa shape index (κ2) is 16.0. The van der Waals surface area contributed by atoms with Gasteiger partial charge in [-0.15, -0.1) is 0 Å². The summed E-state index contributed by atoms with van der Waals surface area (Å²) >= 11 is 0. The standard InChI is InChI=1S/C38H50O5/c1-6-7-28-8-13-30(14-9-28)31-15-10-29(11-16-31)12-17-34-24-33(20-23-36(34)43-37(39)26(2)3)32-18-21-35(22-19-32)42-38(40)27(4)25-41-5/h18-24,28-31H,2,4,6-17,25H2,1,3,5H3. The van der Waals surface area contributed by atoms with Crippen molar-refractivity contribution in [2.45, 2.75) is 90.9 Å². The van der Waals surface area contributed by atoms with Crippen LogP contribution in [0.1, 0.15) is 90.0 Å². The predicted octanol–water partition coefficient (Wildman–Crippen LogP) is 9.29. The van der Waals surface area contributed by atoms with Crippen LogP contribution in [0, 0.1) is 23.7 Å². The Morgan fingerprint density at radius 3 is 1.91 bits per heavy atom. The first-order chi connectivity index (χ1) is 20.8. The molecule has 5 nitrogen and oxygen atoms in total. The molecule has 0 aliphatic heterocycles. The van der Waals surface area contributed by atoms with Gasteiger partial charge in [0.15, 0.2) is 0 Å². The van der Waals surface area contributed by atoms with Crippen LogP contribution in [0.4, 0.5) is 0 Å². The van der Waals surface area contributed by atoms with Crippen molar-refractivity contribution in [3.63, 3.8) is 0 Å². The molecule has 2 aromatic carbocycles. The van der Waals surface area contributed by atoms with Crippen molar-refractivity contribution in [1.29, 1.82) is 0 Å². The first-order valence-corrected chi connectivity index (χ1v) is 16.3. The third-order valence-corrected chi connectivity index (χ3v) is 9.59. The van der Waals surface area contributed by atoms with Crippen molar-refractivity contribution in [2.24, 2.45) is 23.7 Å². The molecule has 2 fully saturated rings. The highest BCUT2D eigenvalue weighted by atomic mass is 16.5. The van der Waals surface area contributed by atoms with Gasteiger partial charge in [0.2, 0.25) is 0 Å². The first-order valence-electron chi connectivity index (χ1n) is 16.3. The third kappa shape index (κ3) is 9.40. The van der Waals surface area contributed by atoms with E-state index in [0.717, 1.165) is 47.3 Å². The van der Waals surface area contributed by atoms with Crippen LogP contribution in [0.15, 0.2) is 66.8 Å². The molecule has 232 valence electrons. The molecule has 0 spiro atoms. The monoisotopic (exact) mass is 586 g/mol. The van der Waals surface area contributed by atoms with Crippen LogP contribution in [-0.4, -0.2) is 25.7 Å². The van der Waals surface area contributed by atoms with Crippen LogP contribution in [0.5, 0.6) is 11.5 Å². The SMILES string of the molecule is C=C(C)C(=O)Oc1ccc(-c2ccc(OC(=O)C(=C)COC)cc2)cc1CCC1CCC(C2CCC(CCC)CC2)CC1. The smallest absolute Gasteiger partial charge is 0.341 e.